The van der Waals surface area contributed by atoms with Gasteiger partial charge in [-0.1, -0.05) is 16.8 Å². The van der Waals surface area contributed by atoms with Gasteiger partial charge in [-0.25, -0.2) is 0 Å². The van der Waals surface area contributed by atoms with Gasteiger partial charge in [0.05, 0.1) is 5.41 Å². The average molecular weight is 354 g/mol. The van der Waals surface area contributed by atoms with Crippen LogP contribution in [0.4, 0.5) is 0 Å². The number of piperidine rings is 1. The Balaban J connectivity index is 1.59. The van der Waals surface area contributed by atoms with E-state index in [0.29, 0.717) is 36.8 Å². The molecule has 6 nitrogen and oxygen atoms in total. The van der Waals surface area contributed by atoms with E-state index in [1.807, 2.05) is 9.80 Å². The number of likely N-dealkylation sites (tertiary alicyclic amines) is 2. The lowest BCUT2D eigenvalue weighted by molar-refractivity contribution is -0.148. The van der Waals surface area contributed by atoms with Gasteiger partial charge in [-0.05, 0) is 33.1 Å². The van der Waals surface area contributed by atoms with Crippen molar-refractivity contribution in [2.24, 2.45) is 5.41 Å². The summed E-state index contributed by atoms with van der Waals surface area (Å²) in [7, 11) is 0. The van der Waals surface area contributed by atoms with Gasteiger partial charge in [-0.2, -0.15) is 0 Å². The van der Waals surface area contributed by atoms with Crippen LogP contribution in [0.25, 0.3) is 0 Å². The van der Waals surface area contributed by atoms with Gasteiger partial charge in [-0.3, -0.25) is 9.59 Å². The first-order valence-electron chi connectivity index (χ1n) is 8.61. The van der Waals surface area contributed by atoms with Crippen molar-refractivity contribution in [3.63, 3.8) is 0 Å². The highest BCUT2D eigenvalue weighted by atomic mass is 35.5. The summed E-state index contributed by atoms with van der Waals surface area (Å²) in [5, 5.41) is 3.92. The smallest absolute Gasteiger partial charge is 0.230 e. The topological polar surface area (TPSA) is 66.7 Å². The lowest BCUT2D eigenvalue weighted by Gasteiger charge is -2.41. The van der Waals surface area contributed by atoms with E-state index in [2.05, 4.69) is 19.0 Å². The summed E-state index contributed by atoms with van der Waals surface area (Å²) in [6, 6.07) is 1.85. The fourth-order valence-electron chi connectivity index (χ4n) is 3.85. The van der Waals surface area contributed by atoms with Crippen molar-refractivity contribution in [3.8, 4) is 0 Å². The van der Waals surface area contributed by atoms with Gasteiger partial charge in [0.25, 0.3) is 0 Å². The van der Waals surface area contributed by atoms with Crippen molar-refractivity contribution >= 4 is 23.4 Å². The van der Waals surface area contributed by atoms with Crippen molar-refractivity contribution < 1.29 is 14.1 Å². The van der Waals surface area contributed by atoms with E-state index in [1.54, 1.807) is 6.07 Å². The standard InChI is InChI=1S/C17H24ClN3O3/c1-12(2)21-8-3-6-17(16(21)23)7-9-20(11-17)15(22)5-4-13-10-14(18)19-24-13/h10,12H,3-9,11H2,1-2H3/t17-/m0/s1. The van der Waals surface area contributed by atoms with Crippen LogP contribution in [-0.4, -0.2) is 52.4 Å². The molecule has 2 saturated heterocycles. The minimum Gasteiger partial charge on any atom is -0.360 e. The van der Waals surface area contributed by atoms with Gasteiger partial charge in [0.1, 0.15) is 5.76 Å². The van der Waals surface area contributed by atoms with E-state index >= 15 is 0 Å². The van der Waals surface area contributed by atoms with E-state index in [0.717, 1.165) is 25.8 Å². The molecule has 2 amide bonds. The summed E-state index contributed by atoms with van der Waals surface area (Å²) >= 11 is 5.71. The summed E-state index contributed by atoms with van der Waals surface area (Å²) in [4.78, 5) is 29.2. The Bertz CT molecular complexity index is 630. The Morgan fingerprint density at radius 2 is 2.21 bits per heavy atom. The number of aryl methyl sites for hydroxylation is 1. The fraction of sp³-hybridized carbons (Fsp3) is 0.706. The summed E-state index contributed by atoms with van der Waals surface area (Å²) in [5.41, 5.74) is -0.367. The minimum absolute atomic E-state index is 0.0638. The molecule has 1 spiro atoms. The quantitative estimate of drug-likeness (QED) is 0.834. The predicted molar refractivity (Wildman–Crippen MR) is 89.5 cm³/mol. The monoisotopic (exact) mass is 353 g/mol. The van der Waals surface area contributed by atoms with Crippen LogP contribution >= 0.6 is 11.6 Å². The van der Waals surface area contributed by atoms with E-state index in [9.17, 15) is 9.59 Å². The van der Waals surface area contributed by atoms with Crippen LogP contribution in [0, 0.1) is 5.41 Å². The predicted octanol–water partition coefficient (Wildman–Crippen LogP) is 2.51. The van der Waals surface area contributed by atoms with Gasteiger partial charge in [-0.15, -0.1) is 0 Å². The highest BCUT2D eigenvalue weighted by Gasteiger charge is 2.49. The molecule has 0 bridgehead atoms. The van der Waals surface area contributed by atoms with Crippen molar-refractivity contribution in [3.05, 3.63) is 17.0 Å². The van der Waals surface area contributed by atoms with Gasteiger partial charge in [0, 0.05) is 44.6 Å². The number of amides is 2. The van der Waals surface area contributed by atoms with Crippen LogP contribution in [0.2, 0.25) is 5.15 Å². The van der Waals surface area contributed by atoms with E-state index in [1.165, 1.54) is 0 Å². The molecule has 1 atom stereocenters. The summed E-state index contributed by atoms with van der Waals surface area (Å²) < 4.78 is 5.03. The van der Waals surface area contributed by atoms with Gasteiger partial charge in [0.2, 0.25) is 11.8 Å². The first kappa shape index (κ1) is 17.3. The molecule has 132 valence electrons. The van der Waals surface area contributed by atoms with Crippen molar-refractivity contribution in [2.45, 2.75) is 52.0 Å². The third-order valence-electron chi connectivity index (χ3n) is 5.21. The lowest BCUT2D eigenvalue weighted by Crippen LogP contribution is -2.52. The first-order valence-corrected chi connectivity index (χ1v) is 8.99. The lowest BCUT2D eigenvalue weighted by atomic mass is 9.78. The Kier molecular flexibility index (Phi) is 4.85. The first-order chi connectivity index (χ1) is 11.4. The molecule has 2 aliphatic rings. The maximum absolute atomic E-state index is 12.9. The second kappa shape index (κ2) is 6.75. The number of carbonyl (C=O) groups excluding carboxylic acids is 2. The Hall–Kier alpha value is -1.56. The number of hydrogen-bond donors (Lipinski definition) is 0. The van der Waals surface area contributed by atoms with E-state index in [4.69, 9.17) is 16.1 Å². The Morgan fingerprint density at radius 3 is 2.88 bits per heavy atom. The fourth-order valence-corrected chi connectivity index (χ4v) is 4.01. The number of rotatable bonds is 4. The molecule has 0 saturated carbocycles. The number of halogens is 1. The number of carbonyl (C=O) groups is 2. The SMILES string of the molecule is CC(C)N1CCC[C@@]2(CCN(C(=O)CCc3cc(Cl)no3)C2)C1=O. The molecule has 0 unspecified atom stereocenters. The summed E-state index contributed by atoms with van der Waals surface area (Å²) in [6.07, 6.45) is 3.51. The molecule has 0 aromatic carbocycles. The zero-order valence-corrected chi connectivity index (χ0v) is 15.0. The molecule has 0 radical (unpaired) electrons. The Morgan fingerprint density at radius 1 is 1.42 bits per heavy atom. The van der Waals surface area contributed by atoms with Crippen LogP contribution in [0.1, 0.15) is 45.3 Å². The molecular weight excluding hydrogens is 330 g/mol. The zero-order valence-electron chi connectivity index (χ0n) is 14.3. The van der Waals surface area contributed by atoms with Crippen molar-refractivity contribution in [2.75, 3.05) is 19.6 Å². The second-order valence-corrected chi connectivity index (χ2v) is 7.54. The molecule has 0 N–H and O–H groups in total. The maximum Gasteiger partial charge on any atom is 0.230 e. The molecule has 24 heavy (non-hydrogen) atoms. The highest BCUT2D eigenvalue weighted by Crippen LogP contribution is 2.40. The Labute approximate surface area is 147 Å². The van der Waals surface area contributed by atoms with Crippen LogP contribution in [-0.2, 0) is 16.0 Å². The molecule has 1 aromatic heterocycles. The number of nitrogens with zero attached hydrogens (tertiary/aromatic N) is 3. The second-order valence-electron chi connectivity index (χ2n) is 7.16. The van der Waals surface area contributed by atoms with Crippen LogP contribution in [0.3, 0.4) is 0 Å². The zero-order chi connectivity index (χ0) is 17.3. The van der Waals surface area contributed by atoms with Crippen molar-refractivity contribution in [1.29, 1.82) is 0 Å². The van der Waals surface area contributed by atoms with Crippen LogP contribution in [0.15, 0.2) is 10.6 Å². The summed E-state index contributed by atoms with van der Waals surface area (Å²) in [6.45, 7) is 6.14. The minimum atomic E-state index is -0.367. The highest BCUT2D eigenvalue weighted by molar-refractivity contribution is 6.29. The number of hydrogen-bond acceptors (Lipinski definition) is 4. The van der Waals surface area contributed by atoms with Crippen molar-refractivity contribution in [1.82, 2.24) is 15.0 Å². The van der Waals surface area contributed by atoms with Crippen LogP contribution in [0.5, 0.6) is 0 Å². The maximum atomic E-state index is 12.9. The molecule has 7 heteroatoms. The molecule has 3 heterocycles. The third-order valence-corrected chi connectivity index (χ3v) is 5.39. The molecule has 1 aromatic rings. The van der Waals surface area contributed by atoms with E-state index in [-0.39, 0.29) is 23.3 Å². The largest absolute Gasteiger partial charge is 0.360 e. The molecule has 2 fully saturated rings. The third kappa shape index (κ3) is 3.29. The molecule has 3 rings (SSSR count). The molecule has 0 aliphatic carbocycles. The van der Waals surface area contributed by atoms with E-state index < -0.39 is 0 Å². The van der Waals surface area contributed by atoms with Gasteiger partial charge in [0.15, 0.2) is 5.15 Å². The van der Waals surface area contributed by atoms with Gasteiger partial charge >= 0.3 is 0 Å². The molecule has 2 aliphatic heterocycles. The van der Waals surface area contributed by atoms with Gasteiger partial charge < -0.3 is 14.3 Å². The average Bonchev–Trinajstić information content (AvgIpc) is 3.15. The van der Waals surface area contributed by atoms with Crippen LogP contribution < -0.4 is 0 Å². The normalized spacial score (nSPS) is 24.4. The number of aromatic nitrogens is 1. The molecular formula is C17H24ClN3O3. The summed E-state index contributed by atoms with van der Waals surface area (Å²) in [5.74, 6) is 0.900.